The summed E-state index contributed by atoms with van der Waals surface area (Å²) in [7, 11) is 0. The molecule has 146 valence electrons. The smallest absolute Gasteiger partial charge is 0.310 e. The van der Waals surface area contributed by atoms with Gasteiger partial charge >= 0.3 is 5.97 Å². The lowest BCUT2D eigenvalue weighted by molar-refractivity contribution is -0.150. The molecule has 2 amide bonds. The van der Waals surface area contributed by atoms with Gasteiger partial charge in [-0.25, -0.2) is 0 Å². The Kier molecular flexibility index (Phi) is 5.82. The van der Waals surface area contributed by atoms with Crippen LogP contribution in [0.2, 0.25) is 0 Å². The van der Waals surface area contributed by atoms with Gasteiger partial charge < -0.3 is 15.3 Å². The van der Waals surface area contributed by atoms with Crippen LogP contribution >= 0.6 is 0 Å². The molecule has 1 aromatic carbocycles. The molecule has 0 spiro atoms. The highest BCUT2D eigenvalue weighted by atomic mass is 16.4. The topological polar surface area (TPSA) is 86.7 Å². The minimum Gasteiger partial charge on any atom is -0.481 e. The Hall–Kier alpha value is -2.37. The number of anilines is 1. The maximum Gasteiger partial charge on any atom is 0.310 e. The summed E-state index contributed by atoms with van der Waals surface area (Å²) in [5.74, 6) is -0.692. The van der Waals surface area contributed by atoms with Crippen LogP contribution in [0.5, 0.6) is 0 Å². The van der Waals surface area contributed by atoms with Crippen LogP contribution in [0.25, 0.3) is 0 Å². The Morgan fingerprint density at radius 3 is 2.41 bits per heavy atom. The molecule has 1 aromatic rings. The number of nitrogens with zero attached hydrogens (tertiary/aromatic N) is 1. The van der Waals surface area contributed by atoms with Crippen molar-refractivity contribution in [1.82, 2.24) is 4.90 Å². The molecule has 3 rings (SSSR count). The van der Waals surface area contributed by atoms with E-state index in [-0.39, 0.29) is 18.2 Å². The van der Waals surface area contributed by atoms with Gasteiger partial charge in [-0.1, -0.05) is 31.9 Å². The molecule has 1 heterocycles. The van der Waals surface area contributed by atoms with Crippen molar-refractivity contribution in [3.8, 4) is 0 Å². The van der Waals surface area contributed by atoms with Crippen LogP contribution in [0.4, 0.5) is 5.69 Å². The van der Waals surface area contributed by atoms with Crippen LogP contribution in [-0.2, 0) is 9.59 Å². The first-order valence-corrected chi connectivity index (χ1v) is 9.83. The van der Waals surface area contributed by atoms with E-state index in [1.807, 2.05) is 4.90 Å². The molecule has 0 unspecified atom stereocenters. The van der Waals surface area contributed by atoms with E-state index in [4.69, 9.17) is 0 Å². The summed E-state index contributed by atoms with van der Waals surface area (Å²) in [6.07, 6.45) is 4.66. The SMILES string of the molecule is CC1CCN(C(=O)c2ccccc2NC(=O)CC2(C(=O)O)CCCC2)CC1. The van der Waals surface area contributed by atoms with E-state index in [0.29, 0.717) is 30.0 Å². The second kappa shape index (κ2) is 8.11. The number of hydrogen-bond acceptors (Lipinski definition) is 3. The van der Waals surface area contributed by atoms with Crippen LogP contribution in [0, 0.1) is 11.3 Å². The predicted molar refractivity (Wildman–Crippen MR) is 103 cm³/mol. The van der Waals surface area contributed by atoms with Crippen molar-refractivity contribution >= 4 is 23.5 Å². The molecular formula is C21H28N2O4. The Morgan fingerprint density at radius 1 is 1.15 bits per heavy atom. The molecule has 1 aliphatic heterocycles. The van der Waals surface area contributed by atoms with Gasteiger partial charge in [0, 0.05) is 19.5 Å². The number of carboxylic acid groups (broad SMARTS) is 1. The van der Waals surface area contributed by atoms with E-state index in [1.54, 1.807) is 24.3 Å². The molecule has 1 saturated heterocycles. The number of aliphatic carboxylic acids is 1. The van der Waals surface area contributed by atoms with E-state index >= 15 is 0 Å². The van der Waals surface area contributed by atoms with Crippen LogP contribution < -0.4 is 5.32 Å². The average Bonchev–Trinajstić information content (AvgIpc) is 3.12. The van der Waals surface area contributed by atoms with E-state index in [2.05, 4.69) is 12.2 Å². The van der Waals surface area contributed by atoms with E-state index in [0.717, 1.165) is 38.8 Å². The normalized spacial score (nSPS) is 19.7. The summed E-state index contributed by atoms with van der Waals surface area (Å²) in [5, 5.41) is 12.4. The number of piperidine rings is 1. The molecule has 2 fully saturated rings. The Balaban J connectivity index is 1.71. The van der Waals surface area contributed by atoms with Crippen molar-refractivity contribution in [2.45, 2.75) is 51.9 Å². The maximum absolute atomic E-state index is 12.9. The number of para-hydroxylation sites is 1. The second-order valence-electron chi connectivity index (χ2n) is 8.04. The van der Waals surface area contributed by atoms with Crippen molar-refractivity contribution in [1.29, 1.82) is 0 Å². The predicted octanol–water partition coefficient (Wildman–Crippen LogP) is 3.53. The number of carbonyl (C=O) groups excluding carboxylic acids is 2. The van der Waals surface area contributed by atoms with Gasteiger partial charge in [0.25, 0.3) is 5.91 Å². The lowest BCUT2D eigenvalue weighted by Gasteiger charge is -2.31. The minimum absolute atomic E-state index is 0.0495. The van der Waals surface area contributed by atoms with Crippen LogP contribution in [0.3, 0.4) is 0 Å². The summed E-state index contributed by atoms with van der Waals surface area (Å²) in [4.78, 5) is 39.0. The number of nitrogens with one attached hydrogen (secondary N) is 1. The zero-order valence-electron chi connectivity index (χ0n) is 15.9. The number of rotatable bonds is 5. The molecule has 0 atom stereocenters. The van der Waals surface area contributed by atoms with Gasteiger partial charge in [-0.2, -0.15) is 0 Å². The third-order valence-corrected chi connectivity index (χ3v) is 6.02. The zero-order chi connectivity index (χ0) is 19.4. The van der Waals surface area contributed by atoms with Gasteiger partial charge in [-0.3, -0.25) is 14.4 Å². The van der Waals surface area contributed by atoms with Crippen LogP contribution in [0.1, 0.15) is 62.2 Å². The molecule has 0 bridgehead atoms. The molecule has 0 radical (unpaired) electrons. The number of likely N-dealkylation sites (tertiary alicyclic amines) is 1. The highest BCUT2D eigenvalue weighted by Gasteiger charge is 2.43. The van der Waals surface area contributed by atoms with Crippen LogP contribution in [-0.4, -0.2) is 40.9 Å². The van der Waals surface area contributed by atoms with Crippen LogP contribution in [0.15, 0.2) is 24.3 Å². The summed E-state index contributed by atoms with van der Waals surface area (Å²) in [6, 6.07) is 6.98. The summed E-state index contributed by atoms with van der Waals surface area (Å²) < 4.78 is 0. The first-order valence-electron chi connectivity index (χ1n) is 9.83. The molecule has 0 aromatic heterocycles. The minimum atomic E-state index is -0.966. The number of amides is 2. The zero-order valence-corrected chi connectivity index (χ0v) is 15.9. The molecule has 2 N–H and O–H groups in total. The quantitative estimate of drug-likeness (QED) is 0.828. The second-order valence-corrected chi connectivity index (χ2v) is 8.04. The lowest BCUT2D eigenvalue weighted by atomic mass is 9.82. The monoisotopic (exact) mass is 372 g/mol. The molecule has 27 heavy (non-hydrogen) atoms. The van der Waals surface area contributed by atoms with E-state index in [1.165, 1.54) is 0 Å². The van der Waals surface area contributed by atoms with Crippen molar-refractivity contribution in [3.63, 3.8) is 0 Å². The van der Waals surface area contributed by atoms with Gasteiger partial charge in [-0.05, 0) is 43.7 Å². The standard InChI is InChI=1S/C21H28N2O4/c1-15-8-12-23(13-9-15)19(25)16-6-2-3-7-17(16)22-18(24)14-21(20(26)27)10-4-5-11-21/h2-3,6-7,15H,4-5,8-14H2,1H3,(H,22,24)(H,26,27). The number of carboxylic acids is 1. The summed E-state index contributed by atoms with van der Waals surface area (Å²) >= 11 is 0. The fraction of sp³-hybridized carbons (Fsp3) is 0.571. The van der Waals surface area contributed by atoms with E-state index in [9.17, 15) is 19.5 Å². The van der Waals surface area contributed by atoms with Crippen molar-refractivity contribution in [3.05, 3.63) is 29.8 Å². The van der Waals surface area contributed by atoms with Gasteiger partial charge in [-0.15, -0.1) is 0 Å². The van der Waals surface area contributed by atoms with Crippen molar-refractivity contribution in [2.24, 2.45) is 11.3 Å². The average molecular weight is 372 g/mol. The Bertz CT molecular complexity index is 717. The summed E-state index contributed by atoms with van der Waals surface area (Å²) in [6.45, 7) is 3.64. The number of benzene rings is 1. The highest BCUT2D eigenvalue weighted by Crippen LogP contribution is 2.41. The summed E-state index contributed by atoms with van der Waals surface area (Å²) in [5.41, 5.74) is -0.0349. The van der Waals surface area contributed by atoms with Gasteiger partial charge in [0.1, 0.15) is 0 Å². The molecule has 6 nitrogen and oxygen atoms in total. The van der Waals surface area contributed by atoms with Gasteiger partial charge in [0.2, 0.25) is 5.91 Å². The molecule has 1 saturated carbocycles. The molecular weight excluding hydrogens is 344 g/mol. The van der Waals surface area contributed by atoms with Gasteiger partial charge in [0.05, 0.1) is 16.7 Å². The molecule has 1 aliphatic carbocycles. The maximum atomic E-state index is 12.9. The van der Waals surface area contributed by atoms with Crippen molar-refractivity contribution in [2.75, 3.05) is 18.4 Å². The lowest BCUT2D eigenvalue weighted by Crippen LogP contribution is -2.38. The fourth-order valence-corrected chi connectivity index (χ4v) is 4.18. The number of hydrogen-bond donors (Lipinski definition) is 2. The van der Waals surface area contributed by atoms with Gasteiger partial charge in [0.15, 0.2) is 0 Å². The third kappa shape index (κ3) is 4.31. The Labute approximate surface area is 159 Å². The van der Waals surface area contributed by atoms with E-state index < -0.39 is 11.4 Å². The highest BCUT2D eigenvalue weighted by molar-refractivity contribution is 6.04. The first-order chi connectivity index (χ1) is 12.9. The Morgan fingerprint density at radius 2 is 1.78 bits per heavy atom. The molecule has 2 aliphatic rings. The first kappa shape index (κ1) is 19.4. The fourth-order valence-electron chi connectivity index (χ4n) is 4.18. The largest absolute Gasteiger partial charge is 0.481 e. The molecule has 6 heteroatoms. The van der Waals surface area contributed by atoms with Crippen molar-refractivity contribution < 1.29 is 19.5 Å². The number of carbonyl (C=O) groups is 3. The third-order valence-electron chi connectivity index (χ3n) is 6.02.